The maximum absolute atomic E-state index is 15.2. The van der Waals surface area contributed by atoms with E-state index in [1.807, 2.05) is 37.3 Å². The molecule has 0 fully saturated rings. The third kappa shape index (κ3) is 5.01. The number of carbonyl (C=O) groups is 2. The zero-order valence-electron chi connectivity index (χ0n) is 24.5. The van der Waals surface area contributed by atoms with E-state index in [-0.39, 0.29) is 19.5 Å². The van der Waals surface area contributed by atoms with Gasteiger partial charge in [-0.3, -0.25) is 9.59 Å². The summed E-state index contributed by atoms with van der Waals surface area (Å²) in [4.78, 5) is 26.9. The molecule has 1 amide bonds. The lowest BCUT2D eigenvalue weighted by Crippen LogP contribution is -2.37. The lowest BCUT2D eigenvalue weighted by molar-refractivity contribution is -0.141. The fourth-order valence-corrected chi connectivity index (χ4v) is 6.67. The van der Waals surface area contributed by atoms with Crippen molar-refractivity contribution in [2.75, 3.05) is 6.54 Å². The van der Waals surface area contributed by atoms with Crippen LogP contribution in [0.2, 0.25) is 0 Å². The third-order valence-corrected chi connectivity index (χ3v) is 9.21. The average molecular weight is 609 g/mol. The monoisotopic (exact) mass is 608 g/mol. The van der Waals surface area contributed by atoms with E-state index >= 15 is 17.6 Å². The van der Waals surface area contributed by atoms with Crippen molar-refractivity contribution < 1.29 is 32.3 Å². The summed E-state index contributed by atoms with van der Waals surface area (Å²) in [6, 6.07) is 9.36. The molecule has 2 atom stereocenters. The van der Waals surface area contributed by atoms with Crippen LogP contribution in [0, 0.1) is 36.1 Å². The highest BCUT2D eigenvalue weighted by Gasteiger charge is 2.34. The lowest BCUT2D eigenvalue weighted by atomic mass is 9.78. The highest BCUT2D eigenvalue weighted by Crippen LogP contribution is 2.38. The van der Waals surface area contributed by atoms with Crippen LogP contribution in [-0.4, -0.2) is 43.4 Å². The Morgan fingerprint density at radius 1 is 0.932 bits per heavy atom. The molecule has 5 aliphatic heterocycles. The summed E-state index contributed by atoms with van der Waals surface area (Å²) in [5, 5.41) is 18.8. The standard InChI is InChI=1S/C33H32F4N4O3/c1-17-22-10-11-24-31(17)38-39-41(24)13-6-4-3-5-7-23-27(34)29(36)26(30(37)28(23)35)32(42)40-14-12-19-8-9-20(15-21(19)16-40)25(22)18(2)33(43)44/h8-11,15,18,25H,3-7,12-14,16H2,1-2H3,(H,43,44)/t18-,25+/m0/s1. The Kier molecular flexibility index (Phi) is 7.89. The molecule has 7 nitrogen and oxygen atoms in total. The van der Waals surface area contributed by atoms with Crippen LogP contribution in [0.3, 0.4) is 0 Å². The third-order valence-electron chi connectivity index (χ3n) is 9.21. The zero-order valence-corrected chi connectivity index (χ0v) is 24.5. The summed E-state index contributed by atoms with van der Waals surface area (Å²) in [6.07, 6.45) is 2.36. The Labute approximate surface area is 251 Å². The highest BCUT2D eigenvalue weighted by molar-refractivity contribution is 5.95. The number of rotatable bonds is 2. The first-order chi connectivity index (χ1) is 21.1. The Morgan fingerprint density at radius 3 is 2.39 bits per heavy atom. The van der Waals surface area contributed by atoms with Crippen LogP contribution in [0.25, 0.3) is 11.0 Å². The van der Waals surface area contributed by atoms with E-state index in [2.05, 4.69) is 10.3 Å². The van der Waals surface area contributed by atoms with E-state index < -0.39 is 58.1 Å². The summed E-state index contributed by atoms with van der Waals surface area (Å²) in [5.41, 5.74) is 3.39. The zero-order chi connectivity index (χ0) is 31.3. The second-order valence-corrected chi connectivity index (χ2v) is 11.8. The van der Waals surface area contributed by atoms with Crippen LogP contribution < -0.4 is 0 Å². The molecule has 0 radical (unpaired) electrons. The number of carboxylic acids is 1. The van der Waals surface area contributed by atoms with Crippen molar-refractivity contribution >= 4 is 22.9 Å². The van der Waals surface area contributed by atoms with Crippen molar-refractivity contribution in [1.82, 2.24) is 19.9 Å². The van der Waals surface area contributed by atoms with Crippen LogP contribution in [0.15, 0.2) is 30.3 Å². The molecule has 0 saturated heterocycles. The summed E-state index contributed by atoms with van der Waals surface area (Å²) >= 11 is 0. The van der Waals surface area contributed by atoms with E-state index in [0.717, 1.165) is 22.2 Å². The van der Waals surface area contributed by atoms with Crippen LogP contribution in [-0.2, 0) is 30.7 Å². The summed E-state index contributed by atoms with van der Waals surface area (Å²) in [5.74, 6) is -9.99. The largest absolute Gasteiger partial charge is 0.481 e. The Morgan fingerprint density at radius 2 is 1.66 bits per heavy atom. The van der Waals surface area contributed by atoms with Crippen molar-refractivity contribution in [3.63, 3.8) is 0 Å². The van der Waals surface area contributed by atoms with Crippen molar-refractivity contribution in [2.45, 2.75) is 71.4 Å². The first kappa shape index (κ1) is 29.8. The number of amides is 1. The molecule has 11 heteroatoms. The minimum absolute atomic E-state index is 0.0631. The number of hydrogen-bond acceptors (Lipinski definition) is 4. The summed E-state index contributed by atoms with van der Waals surface area (Å²) in [7, 11) is 0. The molecular formula is C33H32F4N4O3. The van der Waals surface area contributed by atoms with Gasteiger partial charge in [0.1, 0.15) is 11.1 Å². The topological polar surface area (TPSA) is 88.3 Å². The van der Waals surface area contributed by atoms with Crippen molar-refractivity contribution in [3.05, 3.63) is 92.5 Å². The van der Waals surface area contributed by atoms with Crippen LogP contribution in [0.1, 0.15) is 82.3 Å². The molecule has 1 N–H and O–H groups in total. The Balaban J connectivity index is 1.48. The van der Waals surface area contributed by atoms with E-state index in [1.54, 1.807) is 11.6 Å². The number of aliphatic carboxylic acids is 1. The predicted octanol–water partition coefficient (Wildman–Crippen LogP) is 6.46. The normalized spacial score (nSPS) is 18.2. The average Bonchev–Trinajstić information content (AvgIpc) is 3.43. The number of nitrogens with zero attached hydrogens (tertiary/aromatic N) is 4. The van der Waals surface area contributed by atoms with Gasteiger partial charge in [0.15, 0.2) is 23.3 Å². The lowest BCUT2D eigenvalue weighted by Gasteiger charge is -2.31. The van der Waals surface area contributed by atoms with E-state index in [0.29, 0.717) is 55.3 Å². The summed E-state index contributed by atoms with van der Waals surface area (Å²) in [6.45, 7) is 4.10. The van der Waals surface area contributed by atoms with Gasteiger partial charge in [-0.15, -0.1) is 5.10 Å². The molecule has 9 rings (SSSR count). The number of carbonyl (C=O) groups excluding carboxylic acids is 1. The van der Waals surface area contributed by atoms with Gasteiger partial charge in [0, 0.05) is 31.1 Å². The van der Waals surface area contributed by atoms with Gasteiger partial charge in [0.25, 0.3) is 5.91 Å². The van der Waals surface area contributed by atoms with Gasteiger partial charge < -0.3 is 10.0 Å². The fraction of sp³-hybridized carbons (Fsp3) is 0.394. The molecule has 4 aromatic rings. The van der Waals surface area contributed by atoms with Crippen LogP contribution >= 0.6 is 0 Å². The van der Waals surface area contributed by atoms with Crippen molar-refractivity contribution in [1.29, 1.82) is 0 Å². The Hall–Kier alpha value is -4.28. The minimum atomic E-state index is -1.69. The molecule has 5 aliphatic rings. The SMILES string of the molecule is Cc1c2ccc3c1nnn3CCCCCCc1c(F)c(F)c(c(F)c1F)C(=O)N1CCc3ccc(cc3C1)[C@H]2[C@H](C)C(=O)O. The maximum Gasteiger partial charge on any atom is 0.307 e. The minimum Gasteiger partial charge on any atom is -0.481 e. The molecule has 0 saturated carbocycles. The fourth-order valence-electron chi connectivity index (χ4n) is 6.67. The predicted molar refractivity (Wildman–Crippen MR) is 154 cm³/mol. The molecular weight excluding hydrogens is 576 g/mol. The quantitative estimate of drug-likeness (QED) is 0.208. The van der Waals surface area contributed by atoms with E-state index in [4.69, 9.17) is 0 Å². The molecule has 1 aromatic heterocycles. The highest BCUT2D eigenvalue weighted by atomic mass is 19.2. The molecule has 0 unspecified atom stereocenters. The van der Waals surface area contributed by atoms with Gasteiger partial charge in [-0.1, -0.05) is 49.2 Å². The molecule has 3 aromatic carbocycles. The number of aryl methyl sites for hydroxylation is 2. The second kappa shape index (κ2) is 11.7. The summed E-state index contributed by atoms with van der Waals surface area (Å²) < 4.78 is 62.3. The molecule has 0 spiro atoms. The van der Waals surface area contributed by atoms with Crippen molar-refractivity contribution in [3.8, 4) is 0 Å². The Bertz CT molecular complexity index is 1770. The smallest absolute Gasteiger partial charge is 0.307 e. The number of hydrogen-bond donors (Lipinski definition) is 1. The molecule has 9 bridgehead atoms. The number of aromatic nitrogens is 3. The van der Waals surface area contributed by atoms with Gasteiger partial charge in [0.05, 0.1) is 11.4 Å². The van der Waals surface area contributed by atoms with E-state index in [1.165, 1.54) is 4.90 Å². The van der Waals surface area contributed by atoms with Gasteiger partial charge in [0.2, 0.25) is 0 Å². The van der Waals surface area contributed by atoms with Crippen LogP contribution in [0.5, 0.6) is 0 Å². The number of halogens is 4. The van der Waals surface area contributed by atoms with Gasteiger partial charge in [-0.25, -0.2) is 22.2 Å². The van der Waals surface area contributed by atoms with Crippen molar-refractivity contribution in [2.24, 2.45) is 5.92 Å². The number of benzene rings is 3. The van der Waals surface area contributed by atoms with E-state index in [9.17, 15) is 14.7 Å². The van der Waals surface area contributed by atoms with Gasteiger partial charge in [-0.2, -0.15) is 0 Å². The molecule has 44 heavy (non-hydrogen) atoms. The van der Waals surface area contributed by atoms with Crippen LogP contribution in [0.4, 0.5) is 17.6 Å². The van der Waals surface area contributed by atoms with Gasteiger partial charge >= 0.3 is 5.97 Å². The molecule has 0 aliphatic carbocycles. The number of carboxylic acid groups (broad SMARTS) is 1. The van der Waals surface area contributed by atoms with Gasteiger partial charge in [-0.05, 0) is 66.5 Å². The maximum atomic E-state index is 15.2. The first-order valence-corrected chi connectivity index (χ1v) is 14.9. The first-order valence-electron chi connectivity index (χ1n) is 14.9. The molecule has 230 valence electrons. The molecule has 6 heterocycles. The second-order valence-electron chi connectivity index (χ2n) is 11.8.